The van der Waals surface area contributed by atoms with Gasteiger partial charge in [0.1, 0.15) is 0 Å². The van der Waals surface area contributed by atoms with E-state index in [1.807, 2.05) is 0 Å². The zero-order valence-electron chi connectivity index (χ0n) is 51.9. The molecule has 0 rings (SSSR count). The van der Waals surface area contributed by atoms with Crippen LogP contribution in [0.25, 0.3) is 0 Å². The predicted octanol–water partition coefficient (Wildman–Crippen LogP) is 0.943. The normalized spacial score (nSPS) is 18.8. The van der Waals surface area contributed by atoms with Crippen LogP contribution in [0.2, 0.25) is 0 Å². The van der Waals surface area contributed by atoms with E-state index in [2.05, 4.69) is 6.92 Å². The van der Waals surface area contributed by atoms with E-state index in [4.69, 9.17) is 10.2 Å². The number of aliphatic hydroxyl groups excluding tert-OH is 20. The predicted molar refractivity (Wildman–Crippen MR) is 322 cm³/mol. The van der Waals surface area contributed by atoms with Crippen molar-refractivity contribution in [2.75, 3.05) is 66.1 Å². The van der Waals surface area contributed by atoms with Crippen LogP contribution in [-0.4, -0.2) is 251 Å². The number of rotatable bonds is 59. The quantitative estimate of drug-likeness (QED) is 0.0377. The first kappa shape index (κ1) is 86.2. The molecule has 0 saturated carbocycles. The molecule has 0 aromatic heterocycles. The molecule has 0 heterocycles. The molecule has 0 amide bonds. The first-order valence-electron chi connectivity index (χ1n) is 32.4. The van der Waals surface area contributed by atoms with Gasteiger partial charge in [-0.1, -0.05) is 122 Å². The summed E-state index contributed by atoms with van der Waals surface area (Å²) in [6, 6.07) is 0. The number of carboxylic acid groups (broad SMARTS) is 2. The van der Waals surface area contributed by atoms with Gasteiger partial charge in [0.15, 0.2) is 0 Å². The highest BCUT2D eigenvalue weighted by Crippen LogP contribution is 2.51. The zero-order valence-corrected chi connectivity index (χ0v) is 51.9. The minimum Gasteiger partial charge on any atom is -0.481 e. The number of carboxylic acids is 2. The average Bonchev–Trinajstić information content (AvgIpc) is 1.34. The summed E-state index contributed by atoms with van der Waals surface area (Å²) in [7, 11) is 0. The highest BCUT2D eigenvalue weighted by molar-refractivity contribution is 5.70. The molecule has 0 aromatic rings. The molecule has 86 heavy (non-hydrogen) atoms. The topological polar surface area (TPSA) is 479 Å². The first-order chi connectivity index (χ1) is 41.0. The number of hydrogen-bond acceptors (Lipinski definition) is 22. The Balaban J connectivity index is 0. The minimum atomic E-state index is -1.70. The molecule has 0 bridgehead atoms. The Morgan fingerprint density at radius 2 is 0.512 bits per heavy atom. The van der Waals surface area contributed by atoms with Gasteiger partial charge in [-0.15, -0.1) is 0 Å². The van der Waals surface area contributed by atoms with Crippen LogP contribution in [0.3, 0.4) is 0 Å². The molecule has 516 valence electrons. The fourth-order valence-electron chi connectivity index (χ4n) is 12.9. The van der Waals surface area contributed by atoms with Crippen molar-refractivity contribution < 1.29 is 122 Å². The molecule has 24 heteroatoms. The summed E-state index contributed by atoms with van der Waals surface area (Å²) in [5.41, 5.74) is 0. The summed E-state index contributed by atoms with van der Waals surface area (Å²) in [6.07, 6.45) is 1.95. The average molecular weight is 1250 g/mol. The second kappa shape index (κ2) is 54.8. The molecule has 19 atom stereocenters. The lowest BCUT2D eigenvalue weighted by Crippen LogP contribution is -2.48. The summed E-state index contributed by atoms with van der Waals surface area (Å²) in [5, 5.41) is 230. The van der Waals surface area contributed by atoms with Crippen molar-refractivity contribution in [2.45, 2.75) is 261 Å². The van der Waals surface area contributed by atoms with Crippen LogP contribution in [0, 0.1) is 53.3 Å². The fraction of sp³-hybridized carbons (Fsp3) is 0.968. The lowest BCUT2D eigenvalue weighted by molar-refractivity contribution is -0.149. The number of aliphatic carboxylic acids is 2. The van der Waals surface area contributed by atoms with Crippen molar-refractivity contribution >= 4 is 11.9 Å². The molecular weight excluding hydrogens is 1130 g/mol. The number of hydrogen-bond donors (Lipinski definition) is 22. The lowest BCUT2D eigenvalue weighted by atomic mass is 9.56. The minimum absolute atomic E-state index is 0.125. The summed E-state index contributed by atoms with van der Waals surface area (Å²) in [6.45, 7) is -5.87. The highest BCUT2D eigenvalue weighted by Gasteiger charge is 2.49. The van der Waals surface area contributed by atoms with E-state index < -0.39 is 224 Å². The Labute approximate surface area is 512 Å². The maximum Gasteiger partial charge on any atom is 0.306 e. The van der Waals surface area contributed by atoms with Crippen LogP contribution < -0.4 is 0 Å². The lowest BCUT2D eigenvalue weighted by Gasteiger charge is -2.50. The van der Waals surface area contributed by atoms with E-state index in [-0.39, 0.29) is 32.3 Å². The smallest absolute Gasteiger partial charge is 0.306 e. The first-order valence-corrected chi connectivity index (χ1v) is 32.4. The van der Waals surface area contributed by atoms with Crippen molar-refractivity contribution in [1.29, 1.82) is 0 Å². The van der Waals surface area contributed by atoms with Gasteiger partial charge in [-0.3, -0.25) is 9.59 Å². The molecular formula is C62H124O24. The Morgan fingerprint density at radius 1 is 0.267 bits per heavy atom. The van der Waals surface area contributed by atoms with Crippen LogP contribution in [-0.2, 0) is 9.59 Å². The molecule has 19 unspecified atom stereocenters. The summed E-state index contributed by atoms with van der Waals surface area (Å²) in [5.74, 6) is -13.2. The monoisotopic (exact) mass is 1250 g/mol. The molecule has 0 aliphatic heterocycles. The SMILES string of the molecule is CCCCCCCCCCCCCCCC(=O)O.O=C(O)C(CC(O)CO)C(CC(O)CO)C(CC(O)CO)C(CC(O)CO)C(CC(O)CO)C(CC(O)CO)C(CC(O)CO)C(CC(O)CO)C(CCCCCCCC(O)CO)CC(O)CO. The molecule has 24 nitrogen and oxygen atoms in total. The van der Waals surface area contributed by atoms with Gasteiger partial charge >= 0.3 is 11.9 Å². The van der Waals surface area contributed by atoms with Crippen molar-refractivity contribution in [1.82, 2.24) is 0 Å². The van der Waals surface area contributed by atoms with Gasteiger partial charge in [0, 0.05) is 6.42 Å². The van der Waals surface area contributed by atoms with Gasteiger partial charge in [0.05, 0.1) is 133 Å². The van der Waals surface area contributed by atoms with E-state index >= 15 is 0 Å². The van der Waals surface area contributed by atoms with E-state index in [0.717, 1.165) is 12.8 Å². The van der Waals surface area contributed by atoms with Gasteiger partial charge in [-0.05, 0) is 118 Å². The Kier molecular flexibility index (Phi) is 55.0. The van der Waals surface area contributed by atoms with Gasteiger partial charge in [0.25, 0.3) is 0 Å². The third kappa shape index (κ3) is 40.8. The molecule has 0 saturated heterocycles. The second-order valence-electron chi connectivity index (χ2n) is 24.6. The van der Waals surface area contributed by atoms with Crippen molar-refractivity contribution in [3.8, 4) is 0 Å². The molecule has 0 spiro atoms. The molecule has 0 aliphatic rings. The molecule has 0 radical (unpaired) electrons. The van der Waals surface area contributed by atoms with Crippen LogP contribution in [0.1, 0.15) is 200 Å². The Morgan fingerprint density at radius 3 is 0.826 bits per heavy atom. The Bertz CT molecular complexity index is 1540. The molecule has 0 aliphatic carbocycles. The fourth-order valence-corrected chi connectivity index (χ4v) is 12.9. The maximum absolute atomic E-state index is 13.2. The third-order valence-electron chi connectivity index (χ3n) is 17.4. The zero-order chi connectivity index (χ0) is 65.4. The summed E-state index contributed by atoms with van der Waals surface area (Å²) >= 11 is 0. The highest BCUT2D eigenvalue weighted by atomic mass is 16.4. The molecule has 22 N–H and O–H groups in total. The summed E-state index contributed by atoms with van der Waals surface area (Å²) in [4.78, 5) is 23.5. The molecule has 0 fully saturated rings. The van der Waals surface area contributed by atoms with Gasteiger partial charge in [-0.2, -0.15) is 0 Å². The van der Waals surface area contributed by atoms with E-state index in [0.29, 0.717) is 44.9 Å². The van der Waals surface area contributed by atoms with Crippen LogP contribution in [0.4, 0.5) is 0 Å². The van der Waals surface area contributed by atoms with E-state index in [9.17, 15) is 112 Å². The standard InChI is InChI=1S/C46H92O22.C16H32O2/c47-17-28(57)7-5-3-1-2-4-6-27(8-29(58)18-48)38(9-30(59)19-49)39(10-31(60)20-50)40(11-32(61)21-51)41(12-33(62)22-52)42(13-34(63)23-53)43(14-35(64)24-54)44(15-36(65)25-55)45(46(67)68)16-37(66)26-56;1-2-3-4-5-6-7-8-9-10-11-12-13-14-15-16(17)18/h27-45,47-66H,1-26H2,(H,67,68);2-15H2,1H3,(H,17,18). The Hall–Kier alpha value is -1.86. The van der Waals surface area contributed by atoms with Crippen LogP contribution >= 0.6 is 0 Å². The van der Waals surface area contributed by atoms with Crippen LogP contribution in [0.5, 0.6) is 0 Å². The number of aliphatic hydroxyl groups is 20. The van der Waals surface area contributed by atoms with Crippen molar-refractivity contribution in [2.24, 2.45) is 53.3 Å². The largest absolute Gasteiger partial charge is 0.481 e. The van der Waals surface area contributed by atoms with E-state index in [1.165, 1.54) is 70.6 Å². The third-order valence-corrected chi connectivity index (χ3v) is 17.4. The van der Waals surface area contributed by atoms with Gasteiger partial charge in [0.2, 0.25) is 0 Å². The van der Waals surface area contributed by atoms with Crippen LogP contribution in [0.15, 0.2) is 0 Å². The second-order valence-corrected chi connectivity index (χ2v) is 24.6. The van der Waals surface area contributed by atoms with E-state index in [1.54, 1.807) is 0 Å². The van der Waals surface area contributed by atoms with Gasteiger partial charge in [-0.25, -0.2) is 0 Å². The van der Waals surface area contributed by atoms with Crippen molar-refractivity contribution in [3.63, 3.8) is 0 Å². The van der Waals surface area contributed by atoms with Gasteiger partial charge < -0.3 is 112 Å². The number of unbranched alkanes of at least 4 members (excludes halogenated alkanes) is 16. The van der Waals surface area contributed by atoms with Crippen molar-refractivity contribution in [3.05, 3.63) is 0 Å². The maximum atomic E-state index is 13.2. The molecule has 0 aromatic carbocycles. The number of carbonyl (C=O) groups is 2. The summed E-state index contributed by atoms with van der Waals surface area (Å²) < 4.78 is 0.